The van der Waals surface area contributed by atoms with Gasteiger partial charge in [0.15, 0.2) is 11.5 Å². The molecule has 0 saturated carbocycles. The summed E-state index contributed by atoms with van der Waals surface area (Å²) < 4.78 is 26.8. The smallest absolute Gasteiger partial charge is 0.344 e. The van der Waals surface area contributed by atoms with Crippen LogP contribution >= 0.6 is 11.3 Å². The maximum atomic E-state index is 13.2. The van der Waals surface area contributed by atoms with E-state index >= 15 is 0 Å². The first kappa shape index (κ1) is 25.8. The normalized spacial score (nSPS) is 13.9. The van der Waals surface area contributed by atoms with Crippen LogP contribution in [0.1, 0.15) is 54.7 Å². The molecule has 0 unspecified atom stereocenters. The van der Waals surface area contributed by atoms with Gasteiger partial charge < -0.3 is 34.3 Å². The number of amides is 1. The number of ether oxygens (including phenoxy) is 5. The minimum atomic E-state index is -0.932. The van der Waals surface area contributed by atoms with Crippen molar-refractivity contribution in [1.29, 1.82) is 0 Å². The molecule has 37 heavy (non-hydrogen) atoms. The quantitative estimate of drug-likeness (QED) is 0.379. The van der Waals surface area contributed by atoms with E-state index in [9.17, 15) is 14.4 Å². The first-order valence-electron chi connectivity index (χ1n) is 11.3. The third-order valence-electron chi connectivity index (χ3n) is 5.74. The molecule has 4 rings (SSSR count). The van der Waals surface area contributed by atoms with Gasteiger partial charge in [-0.2, -0.15) is 0 Å². The second-order valence-corrected chi connectivity index (χ2v) is 8.85. The average Bonchev–Trinajstić information content (AvgIpc) is 3.39. The summed E-state index contributed by atoms with van der Waals surface area (Å²) in [5.74, 6) is -0.517. The first-order chi connectivity index (χ1) is 17.8. The standard InChI is InChI=1S/C26H26N2O8S/c1-6-35-25(30)18-13(2)21(22(29)27-15-9-7-8-10-16(15)32-3)37-24(18)28-23-14-11-12-17(33-4)20(34-5)19(14)26(31)36-23/h7-12,23,28H,6H2,1-5H3,(H,27,29)/t23-/m1/s1. The number of para-hydroxylation sites is 2. The molecule has 11 heteroatoms. The summed E-state index contributed by atoms with van der Waals surface area (Å²) in [7, 11) is 4.41. The summed E-state index contributed by atoms with van der Waals surface area (Å²) in [5, 5.41) is 6.25. The van der Waals surface area contributed by atoms with Crippen molar-refractivity contribution in [2.24, 2.45) is 0 Å². The van der Waals surface area contributed by atoms with Crippen LogP contribution in [0.15, 0.2) is 36.4 Å². The Morgan fingerprint density at radius 3 is 2.43 bits per heavy atom. The molecule has 0 radical (unpaired) electrons. The van der Waals surface area contributed by atoms with E-state index in [1.165, 1.54) is 21.3 Å². The molecule has 2 aromatic carbocycles. The second-order valence-electron chi connectivity index (χ2n) is 7.83. The Morgan fingerprint density at radius 2 is 1.76 bits per heavy atom. The number of nitrogens with one attached hydrogen (secondary N) is 2. The van der Waals surface area contributed by atoms with Gasteiger partial charge in [0.1, 0.15) is 16.3 Å². The van der Waals surface area contributed by atoms with Crippen LogP contribution < -0.4 is 24.8 Å². The van der Waals surface area contributed by atoms with Gasteiger partial charge in [-0.3, -0.25) is 4.79 Å². The minimum Gasteiger partial charge on any atom is -0.495 e. The third kappa shape index (κ3) is 4.77. The molecular formula is C26H26N2O8S. The molecule has 2 heterocycles. The van der Waals surface area contributed by atoms with Crippen molar-refractivity contribution < 1.29 is 38.1 Å². The lowest BCUT2D eigenvalue weighted by molar-refractivity contribution is 0.0435. The van der Waals surface area contributed by atoms with Crippen LogP contribution in [0.2, 0.25) is 0 Å². The molecule has 1 atom stereocenters. The fraction of sp³-hybridized carbons (Fsp3) is 0.269. The molecule has 1 aromatic heterocycles. The number of thiophene rings is 1. The molecule has 1 amide bonds. The molecule has 194 valence electrons. The fourth-order valence-corrected chi connectivity index (χ4v) is 5.14. The van der Waals surface area contributed by atoms with Gasteiger partial charge in [0, 0.05) is 5.56 Å². The van der Waals surface area contributed by atoms with Crippen LogP contribution in [0.5, 0.6) is 17.2 Å². The number of benzene rings is 2. The Kier molecular flexibility index (Phi) is 7.53. The van der Waals surface area contributed by atoms with Gasteiger partial charge in [0.25, 0.3) is 5.91 Å². The molecule has 0 saturated heterocycles. The largest absolute Gasteiger partial charge is 0.495 e. The number of anilines is 2. The summed E-state index contributed by atoms with van der Waals surface area (Å²) in [4.78, 5) is 39.1. The lowest BCUT2D eigenvalue weighted by Crippen LogP contribution is -2.14. The summed E-state index contributed by atoms with van der Waals surface area (Å²) in [6, 6.07) is 10.3. The predicted octanol–water partition coefficient (Wildman–Crippen LogP) is 4.79. The van der Waals surface area contributed by atoms with Gasteiger partial charge in [-0.25, -0.2) is 9.59 Å². The van der Waals surface area contributed by atoms with E-state index in [4.69, 9.17) is 23.7 Å². The second kappa shape index (κ2) is 10.8. The Balaban J connectivity index is 1.72. The van der Waals surface area contributed by atoms with E-state index in [1.807, 2.05) is 0 Å². The van der Waals surface area contributed by atoms with Gasteiger partial charge in [-0.05, 0) is 43.7 Å². The van der Waals surface area contributed by atoms with E-state index in [-0.39, 0.29) is 28.4 Å². The van der Waals surface area contributed by atoms with Crippen LogP contribution in [-0.4, -0.2) is 45.8 Å². The van der Waals surface area contributed by atoms with Gasteiger partial charge in [-0.1, -0.05) is 12.1 Å². The highest BCUT2D eigenvalue weighted by molar-refractivity contribution is 7.18. The molecule has 0 fully saturated rings. The van der Waals surface area contributed by atoms with Gasteiger partial charge in [0.05, 0.1) is 44.1 Å². The highest BCUT2D eigenvalue weighted by Gasteiger charge is 2.37. The van der Waals surface area contributed by atoms with Crippen molar-refractivity contribution >= 4 is 39.9 Å². The van der Waals surface area contributed by atoms with Crippen molar-refractivity contribution in [2.45, 2.75) is 20.1 Å². The number of cyclic esters (lactones) is 1. The summed E-state index contributed by atoms with van der Waals surface area (Å²) in [6.45, 7) is 3.50. The van der Waals surface area contributed by atoms with Crippen molar-refractivity contribution in [3.8, 4) is 17.2 Å². The minimum absolute atomic E-state index is 0.147. The molecular weight excluding hydrogens is 500 g/mol. The van der Waals surface area contributed by atoms with Crippen molar-refractivity contribution in [2.75, 3.05) is 38.6 Å². The van der Waals surface area contributed by atoms with Gasteiger partial charge >= 0.3 is 11.9 Å². The average molecular weight is 527 g/mol. The molecule has 0 bridgehead atoms. The number of carbonyl (C=O) groups excluding carboxylic acids is 3. The van der Waals surface area contributed by atoms with Gasteiger partial charge in [0.2, 0.25) is 6.23 Å². The Morgan fingerprint density at radius 1 is 1.03 bits per heavy atom. The highest BCUT2D eigenvalue weighted by atomic mass is 32.1. The van der Waals surface area contributed by atoms with E-state index in [0.29, 0.717) is 33.3 Å². The van der Waals surface area contributed by atoms with Crippen LogP contribution in [-0.2, 0) is 9.47 Å². The van der Waals surface area contributed by atoms with Crippen LogP contribution in [0.3, 0.4) is 0 Å². The fourth-order valence-electron chi connectivity index (χ4n) is 4.03. The van der Waals surface area contributed by atoms with E-state index in [0.717, 1.165) is 11.3 Å². The molecule has 1 aliphatic heterocycles. The molecule has 3 aromatic rings. The number of carbonyl (C=O) groups is 3. The maximum absolute atomic E-state index is 13.2. The summed E-state index contributed by atoms with van der Waals surface area (Å²) in [6.07, 6.45) is -0.932. The van der Waals surface area contributed by atoms with E-state index in [1.54, 1.807) is 50.2 Å². The summed E-state index contributed by atoms with van der Waals surface area (Å²) >= 11 is 1.05. The lowest BCUT2D eigenvalue weighted by atomic mass is 10.1. The zero-order chi connectivity index (χ0) is 26.7. The van der Waals surface area contributed by atoms with Crippen molar-refractivity contribution in [3.05, 3.63) is 63.5 Å². The van der Waals surface area contributed by atoms with Crippen molar-refractivity contribution in [3.63, 3.8) is 0 Å². The molecule has 0 spiro atoms. The van der Waals surface area contributed by atoms with Crippen LogP contribution in [0, 0.1) is 6.92 Å². The van der Waals surface area contributed by atoms with E-state index < -0.39 is 24.1 Å². The van der Waals surface area contributed by atoms with Gasteiger partial charge in [-0.15, -0.1) is 11.3 Å². The molecule has 1 aliphatic rings. The number of hydrogen-bond acceptors (Lipinski definition) is 10. The number of hydrogen-bond donors (Lipinski definition) is 2. The zero-order valence-electron chi connectivity index (χ0n) is 20.9. The molecule has 0 aliphatic carbocycles. The topological polar surface area (TPSA) is 121 Å². The van der Waals surface area contributed by atoms with Crippen LogP contribution in [0.25, 0.3) is 0 Å². The predicted molar refractivity (Wildman–Crippen MR) is 137 cm³/mol. The molecule has 10 nitrogen and oxygen atoms in total. The number of methoxy groups -OCH3 is 3. The third-order valence-corrected chi connectivity index (χ3v) is 6.96. The SMILES string of the molecule is CCOC(=O)c1c(N[C@@H]2OC(=O)c3c2ccc(OC)c3OC)sc(C(=O)Nc2ccccc2OC)c1C. The Bertz CT molecular complexity index is 1370. The van der Waals surface area contributed by atoms with E-state index in [2.05, 4.69) is 10.6 Å². The van der Waals surface area contributed by atoms with Crippen LogP contribution in [0.4, 0.5) is 10.7 Å². The number of rotatable bonds is 9. The summed E-state index contributed by atoms with van der Waals surface area (Å²) in [5.41, 5.74) is 1.81. The number of esters is 2. The highest BCUT2D eigenvalue weighted by Crippen LogP contribution is 2.44. The number of fused-ring (bicyclic) bond motifs is 1. The lowest BCUT2D eigenvalue weighted by Gasteiger charge is -2.15. The Hall–Kier alpha value is -4.25. The monoisotopic (exact) mass is 526 g/mol. The Labute approximate surface area is 217 Å². The maximum Gasteiger partial charge on any atom is 0.344 e. The zero-order valence-corrected chi connectivity index (χ0v) is 21.7. The molecule has 2 N–H and O–H groups in total. The van der Waals surface area contributed by atoms with Crippen molar-refractivity contribution in [1.82, 2.24) is 0 Å². The first-order valence-corrected chi connectivity index (χ1v) is 12.1.